The number of fused-ring (bicyclic) bond motifs is 2. The topological polar surface area (TPSA) is 65.1 Å². The van der Waals surface area contributed by atoms with Crippen LogP contribution in [0.1, 0.15) is 28.8 Å². The van der Waals surface area contributed by atoms with Crippen LogP contribution in [0.15, 0.2) is 47.5 Å². The molecular weight excluding hydrogens is 362 g/mol. The van der Waals surface area contributed by atoms with Crippen molar-refractivity contribution in [2.75, 3.05) is 25.0 Å². The van der Waals surface area contributed by atoms with E-state index < -0.39 is 0 Å². The molecule has 0 saturated carbocycles. The second-order valence-corrected chi connectivity index (χ2v) is 8.02. The molecule has 0 aliphatic carbocycles. The van der Waals surface area contributed by atoms with E-state index in [2.05, 4.69) is 45.0 Å². The van der Waals surface area contributed by atoms with E-state index in [-0.39, 0.29) is 5.56 Å². The summed E-state index contributed by atoms with van der Waals surface area (Å²) in [5.74, 6) is 0.620. The van der Waals surface area contributed by atoms with Crippen LogP contribution >= 0.6 is 0 Å². The highest BCUT2D eigenvalue weighted by Gasteiger charge is 2.22. The highest BCUT2D eigenvalue weighted by Crippen LogP contribution is 2.28. The van der Waals surface area contributed by atoms with Crippen LogP contribution < -0.4 is 10.5 Å². The zero-order valence-corrected chi connectivity index (χ0v) is 16.7. The van der Waals surface area contributed by atoms with Crippen LogP contribution in [0.4, 0.5) is 5.69 Å². The number of aromatic amines is 1. The van der Waals surface area contributed by atoms with Crippen molar-refractivity contribution in [1.29, 1.82) is 0 Å². The van der Waals surface area contributed by atoms with Gasteiger partial charge in [0.1, 0.15) is 5.82 Å². The Kier molecular flexibility index (Phi) is 4.64. The van der Waals surface area contributed by atoms with Crippen LogP contribution in [-0.2, 0) is 25.9 Å². The number of anilines is 1. The molecule has 1 aromatic carbocycles. The third kappa shape index (κ3) is 3.56. The Bertz CT molecular complexity index is 1090. The Hall–Kier alpha value is -2.99. The number of rotatable bonds is 3. The zero-order chi connectivity index (χ0) is 19.8. The highest BCUT2D eigenvalue weighted by atomic mass is 16.1. The average molecular weight is 387 g/mol. The molecule has 0 atom stereocenters. The predicted molar refractivity (Wildman–Crippen MR) is 114 cm³/mol. The molecule has 29 heavy (non-hydrogen) atoms. The van der Waals surface area contributed by atoms with Crippen molar-refractivity contribution in [2.24, 2.45) is 0 Å². The number of aryl methyl sites for hydroxylation is 1. The van der Waals surface area contributed by atoms with Crippen molar-refractivity contribution in [2.45, 2.75) is 32.4 Å². The maximum Gasteiger partial charge on any atom is 0.254 e. The summed E-state index contributed by atoms with van der Waals surface area (Å²) >= 11 is 0. The predicted octanol–water partition coefficient (Wildman–Crippen LogP) is 2.77. The molecule has 0 bridgehead atoms. The monoisotopic (exact) mass is 387 g/mol. The van der Waals surface area contributed by atoms with Gasteiger partial charge in [-0.05, 0) is 48.6 Å². The lowest BCUT2D eigenvalue weighted by Gasteiger charge is -2.30. The second kappa shape index (κ2) is 7.44. The molecule has 2 aliphatic rings. The lowest BCUT2D eigenvalue weighted by molar-refractivity contribution is 0.240. The minimum Gasteiger partial charge on any atom is -0.374 e. The van der Waals surface area contributed by atoms with Crippen molar-refractivity contribution in [3.63, 3.8) is 0 Å². The molecule has 0 fully saturated rings. The summed E-state index contributed by atoms with van der Waals surface area (Å²) in [5.41, 5.74) is 6.73. The van der Waals surface area contributed by atoms with Gasteiger partial charge in [0.2, 0.25) is 0 Å². The number of aromatic nitrogens is 3. The lowest BCUT2D eigenvalue weighted by atomic mass is 9.99. The summed E-state index contributed by atoms with van der Waals surface area (Å²) in [6.07, 6.45) is 6.54. The standard InChI is InChI=1S/C23H25N5O/c1-27-11-2-3-18-13-16(4-5-21(18)27)14-28-12-8-19-20(15-28)25-22(26-23(19)29)17-6-9-24-10-7-17/h4-7,9-10,13H,2-3,8,11-12,14-15H2,1H3,(H,25,26,29). The van der Waals surface area contributed by atoms with E-state index in [1.807, 2.05) is 12.1 Å². The van der Waals surface area contributed by atoms with E-state index in [0.29, 0.717) is 12.4 Å². The van der Waals surface area contributed by atoms with Crippen LogP contribution in [0.2, 0.25) is 0 Å². The fourth-order valence-corrected chi connectivity index (χ4v) is 4.47. The summed E-state index contributed by atoms with van der Waals surface area (Å²) in [7, 11) is 2.17. The third-order valence-corrected chi connectivity index (χ3v) is 6.01. The van der Waals surface area contributed by atoms with Crippen molar-refractivity contribution in [3.8, 4) is 11.4 Å². The number of pyridine rings is 1. The molecule has 5 rings (SSSR count). The third-order valence-electron chi connectivity index (χ3n) is 6.01. The Balaban J connectivity index is 1.38. The van der Waals surface area contributed by atoms with E-state index in [1.54, 1.807) is 12.4 Å². The molecule has 2 aliphatic heterocycles. The maximum absolute atomic E-state index is 12.6. The van der Waals surface area contributed by atoms with Crippen molar-refractivity contribution >= 4 is 5.69 Å². The molecule has 6 nitrogen and oxygen atoms in total. The Morgan fingerprint density at radius 2 is 1.97 bits per heavy atom. The number of benzene rings is 1. The summed E-state index contributed by atoms with van der Waals surface area (Å²) in [5, 5.41) is 0. The van der Waals surface area contributed by atoms with Crippen molar-refractivity contribution in [3.05, 3.63) is 75.5 Å². The van der Waals surface area contributed by atoms with Crippen LogP contribution in [0.5, 0.6) is 0 Å². The highest BCUT2D eigenvalue weighted by molar-refractivity contribution is 5.56. The number of nitrogens with one attached hydrogen (secondary N) is 1. The van der Waals surface area contributed by atoms with Gasteiger partial charge in [-0.2, -0.15) is 0 Å². The zero-order valence-electron chi connectivity index (χ0n) is 16.7. The fourth-order valence-electron chi connectivity index (χ4n) is 4.47. The normalized spacial score (nSPS) is 16.4. The number of H-pyrrole nitrogens is 1. The quantitative estimate of drug-likeness (QED) is 0.749. The van der Waals surface area contributed by atoms with Crippen molar-refractivity contribution in [1.82, 2.24) is 19.9 Å². The molecule has 0 spiro atoms. The minimum absolute atomic E-state index is 0.0155. The lowest BCUT2D eigenvalue weighted by Crippen LogP contribution is -2.35. The first-order valence-corrected chi connectivity index (χ1v) is 10.2. The first kappa shape index (κ1) is 18.1. The first-order chi connectivity index (χ1) is 14.2. The Labute approximate surface area is 170 Å². The van der Waals surface area contributed by atoms with Gasteiger partial charge in [-0.25, -0.2) is 4.98 Å². The number of nitrogens with zero attached hydrogens (tertiary/aromatic N) is 4. The Morgan fingerprint density at radius 1 is 1.10 bits per heavy atom. The van der Waals surface area contributed by atoms with Gasteiger partial charge in [-0.1, -0.05) is 12.1 Å². The minimum atomic E-state index is -0.0155. The van der Waals surface area contributed by atoms with E-state index >= 15 is 0 Å². The van der Waals surface area contributed by atoms with Gasteiger partial charge < -0.3 is 9.88 Å². The molecule has 0 saturated heterocycles. The van der Waals surface area contributed by atoms with Gasteiger partial charge in [-0.15, -0.1) is 0 Å². The average Bonchev–Trinajstić information content (AvgIpc) is 2.74. The van der Waals surface area contributed by atoms with E-state index in [0.717, 1.165) is 49.3 Å². The van der Waals surface area contributed by atoms with E-state index in [4.69, 9.17) is 4.98 Å². The molecule has 0 amide bonds. The van der Waals surface area contributed by atoms with E-state index in [9.17, 15) is 4.79 Å². The molecule has 3 aromatic rings. The van der Waals surface area contributed by atoms with Gasteiger partial charge in [0, 0.05) is 62.4 Å². The van der Waals surface area contributed by atoms with Gasteiger partial charge in [0.05, 0.1) is 5.69 Å². The van der Waals surface area contributed by atoms with Gasteiger partial charge >= 0.3 is 0 Å². The first-order valence-electron chi connectivity index (χ1n) is 10.2. The molecular formula is C23H25N5O. The Morgan fingerprint density at radius 3 is 2.83 bits per heavy atom. The van der Waals surface area contributed by atoms with E-state index in [1.165, 1.54) is 23.2 Å². The summed E-state index contributed by atoms with van der Waals surface area (Å²) in [4.78, 5) is 29.1. The molecule has 2 aromatic heterocycles. The molecule has 148 valence electrons. The molecule has 0 unspecified atom stereocenters. The van der Waals surface area contributed by atoms with Crippen LogP contribution in [-0.4, -0.2) is 40.0 Å². The molecule has 0 radical (unpaired) electrons. The summed E-state index contributed by atoms with van der Waals surface area (Å²) < 4.78 is 0. The van der Waals surface area contributed by atoms with Crippen LogP contribution in [0.3, 0.4) is 0 Å². The van der Waals surface area contributed by atoms with Gasteiger partial charge in [0.25, 0.3) is 5.56 Å². The van der Waals surface area contributed by atoms with Gasteiger partial charge in [0.15, 0.2) is 0 Å². The van der Waals surface area contributed by atoms with Crippen LogP contribution in [0, 0.1) is 0 Å². The SMILES string of the molecule is CN1CCCc2cc(CN3CCc4c(nc(-c5ccncc5)[nH]c4=O)C3)ccc21. The molecule has 4 heterocycles. The summed E-state index contributed by atoms with van der Waals surface area (Å²) in [6.45, 7) is 3.60. The summed E-state index contributed by atoms with van der Waals surface area (Å²) in [6, 6.07) is 10.6. The van der Waals surface area contributed by atoms with Crippen LogP contribution in [0.25, 0.3) is 11.4 Å². The molecule has 1 N–H and O–H groups in total. The maximum atomic E-state index is 12.6. The second-order valence-electron chi connectivity index (χ2n) is 8.02. The smallest absolute Gasteiger partial charge is 0.254 e. The largest absolute Gasteiger partial charge is 0.374 e. The number of hydrogen-bond acceptors (Lipinski definition) is 5. The fraction of sp³-hybridized carbons (Fsp3) is 0.348. The van der Waals surface area contributed by atoms with Gasteiger partial charge in [-0.3, -0.25) is 14.7 Å². The molecule has 6 heteroatoms. The number of hydrogen-bond donors (Lipinski definition) is 1. The van der Waals surface area contributed by atoms with Crippen molar-refractivity contribution < 1.29 is 0 Å².